The van der Waals surface area contributed by atoms with Gasteiger partial charge in [0.1, 0.15) is 6.04 Å². The average molecular weight is 411 g/mol. The number of benzene rings is 3. The van der Waals surface area contributed by atoms with Crippen LogP contribution in [0.3, 0.4) is 0 Å². The minimum atomic E-state index is -0.760. The molecule has 4 nitrogen and oxygen atoms in total. The molecule has 1 heterocycles. The second-order valence-electron chi connectivity index (χ2n) is 8.71. The van der Waals surface area contributed by atoms with Gasteiger partial charge in [0.05, 0.1) is 5.69 Å². The van der Waals surface area contributed by atoms with Gasteiger partial charge in [-0.3, -0.25) is 14.5 Å². The largest absolute Gasteiger partial charge is 0.349 e. The Hall–Kier alpha value is -3.66. The van der Waals surface area contributed by atoms with E-state index in [-0.39, 0.29) is 11.8 Å². The molecule has 0 spiro atoms. The summed E-state index contributed by atoms with van der Waals surface area (Å²) in [5.74, 6) is -0.395. The topological polar surface area (TPSA) is 49.4 Å². The Bertz CT molecular complexity index is 1130. The highest BCUT2D eigenvalue weighted by Crippen LogP contribution is 2.42. The van der Waals surface area contributed by atoms with Crippen molar-refractivity contribution in [3.05, 3.63) is 102 Å². The monoisotopic (exact) mass is 410 g/mol. The molecule has 1 N–H and O–H groups in total. The molecular formula is C27H26N2O2. The molecule has 2 amide bonds. The van der Waals surface area contributed by atoms with E-state index in [1.807, 2.05) is 99.6 Å². The molecule has 0 fully saturated rings. The lowest BCUT2D eigenvalue weighted by Crippen LogP contribution is -2.52. The summed E-state index contributed by atoms with van der Waals surface area (Å²) < 4.78 is 0. The first kappa shape index (κ1) is 20.6. The average Bonchev–Trinajstić information content (AvgIpc) is 3.08. The third-order valence-corrected chi connectivity index (χ3v) is 5.14. The van der Waals surface area contributed by atoms with Crippen LogP contribution in [0.5, 0.6) is 0 Å². The van der Waals surface area contributed by atoms with Crippen molar-refractivity contribution < 1.29 is 9.59 Å². The SMILES string of the molecule is CC(C)(C)NC(=O)C1/C(=C/c2ccccc2)c2ccccc2N1C(=O)c1ccccc1. The van der Waals surface area contributed by atoms with E-state index in [0.29, 0.717) is 5.56 Å². The lowest BCUT2D eigenvalue weighted by Gasteiger charge is -2.29. The molecule has 0 bridgehead atoms. The number of hydrogen-bond donors (Lipinski definition) is 1. The maximum atomic E-state index is 13.6. The summed E-state index contributed by atoms with van der Waals surface area (Å²) >= 11 is 0. The maximum Gasteiger partial charge on any atom is 0.259 e. The van der Waals surface area contributed by atoms with Gasteiger partial charge in [-0.1, -0.05) is 66.7 Å². The van der Waals surface area contributed by atoms with Gasteiger partial charge in [0.15, 0.2) is 0 Å². The smallest absolute Gasteiger partial charge is 0.259 e. The second kappa shape index (κ2) is 8.23. The zero-order valence-corrected chi connectivity index (χ0v) is 18.0. The van der Waals surface area contributed by atoms with Crippen molar-refractivity contribution in [2.75, 3.05) is 4.90 Å². The van der Waals surface area contributed by atoms with Crippen LogP contribution in [-0.4, -0.2) is 23.4 Å². The molecule has 4 rings (SSSR count). The van der Waals surface area contributed by atoms with Gasteiger partial charge in [0, 0.05) is 16.7 Å². The molecule has 1 atom stereocenters. The van der Waals surface area contributed by atoms with E-state index >= 15 is 0 Å². The fraction of sp³-hybridized carbons (Fsp3) is 0.185. The van der Waals surface area contributed by atoms with Crippen molar-refractivity contribution in [1.82, 2.24) is 5.32 Å². The van der Waals surface area contributed by atoms with Crippen molar-refractivity contribution >= 4 is 29.2 Å². The Morgan fingerprint density at radius 1 is 0.839 bits per heavy atom. The number of nitrogens with one attached hydrogen (secondary N) is 1. The number of fused-ring (bicyclic) bond motifs is 1. The number of para-hydroxylation sites is 1. The van der Waals surface area contributed by atoms with Gasteiger partial charge in [-0.2, -0.15) is 0 Å². The normalized spacial score (nSPS) is 16.8. The van der Waals surface area contributed by atoms with E-state index < -0.39 is 11.6 Å². The van der Waals surface area contributed by atoms with E-state index in [0.717, 1.165) is 22.4 Å². The number of carbonyl (C=O) groups is 2. The highest BCUT2D eigenvalue weighted by molar-refractivity contribution is 6.20. The first-order valence-corrected chi connectivity index (χ1v) is 10.4. The van der Waals surface area contributed by atoms with Crippen LogP contribution >= 0.6 is 0 Å². The summed E-state index contributed by atoms with van der Waals surface area (Å²) in [5.41, 5.74) is 3.55. The molecule has 4 heteroatoms. The van der Waals surface area contributed by atoms with Crippen molar-refractivity contribution in [2.24, 2.45) is 0 Å². The number of rotatable bonds is 3. The molecule has 31 heavy (non-hydrogen) atoms. The van der Waals surface area contributed by atoms with Gasteiger partial charge in [0.2, 0.25) is 5.91 Å². The van der Waals surface area contributed by atoms with Crippen LogP contribution in [0.2, 0.25) is 0 Å². The number of nitrogens with zero attached hydrogens (tertiary/aromatic N) is 1. The zero-order chi connectivity index (χ0) is 22.0. The minimum absolute atomic E-state index is 0.196. The molecule has 0 aromatic heterocycles. The third-order valence-electron chi connectivity index (χ3n) is 5.14. The van der Waals surface area contributed by atoms with Crippen LogP contribution in [0.25, 0.3) is 11.6 Å². The van der Waals surface area contributed by atoms with Crippen molar-refractivity contribution in [1.29, 1.82) is 0 Å². The van der Waals surface area contributed by atoms with Gasteiger partial charge < -0.3 is 5.32 Å². The Labute approximate surface area is 183 Å². The number of amides is 2. The fourth-order valence-electron chi connectivity index (χ4n) is 3.88. The fourth-order valence-corrected chi connectivity index (χ4v) is 3.88. The van der Waals surface area contributed by atoms with Crippen molar-refractivity contribution in [3.63, 3.8) is 0 Å². The summed E-state index contributed by atoms with van der Waals surface area (Å²) in [5, 5.41) is 3.07. The molecule has 3 aromatic carbocycles. The molecule has 3 aromatic rings. The van der Waals surface area contributed by atoms with E-state index in [1.54, 1.807) is 17.0 Å². The predicted molar refractivity (Wildman–Crippen MR) is 126 cm³/mol. The first-order chi connectivity index (χ1) is 14.8. The predicted octanol–water partition coefficient (Wildman–Crippen LogP) is 5.17. The molecule has 0 saturated carbocycles. The standard InChI is InChI=1S/C27H26N2O2/c1-27(2,3)28-25(30)24-22(18-19-12-6-4-7-13-19)21-16-10-11-17-23(21)29(24)26(31)20-14-8-5-9-15-20/h4-18,24H,1-3H3,(H,28,30)/b22-18+. The van der Waals surface area contributed by atoms with Crippen LogP contribution in [-0.2, 0) is 4.79 Å². The van der Waals surface area contributed by atoms with Gasteiger partial charge in [-0.15, -0.1) is 0 Å². The summed E-state index contributed by atoms with van der Waals surface area (Å²) in [7, 11) is 0. The summed E-state index contributed by atoms with van der Waals surface area (Å²) in [6.45, 7) is 5.82. The summed E-state index contributed by atoms with van der Waals surface area (Å²) in [6.07, 6.45) is 2.00. The Balaban J connectivity index is 1.88. The van der Waals surface area contributed by atoms with Gasteiger partial charge in [0.25, 0.3) is 5.91 Å². The van der Waals surface area contributed by atoms with Gasteiger partial charge in [-0.25, -0.2) is 0 Å². The molecular weight excluding hydrogens is 384 g/mol. The molecule has 156 valence electrons. The van der Waals surface area contributed by atoms with E-state index in [4.69, 9.17) is 0 Å². The lowest BCUT2D eigenvalue weighted by atomic mass is 9.97. The Kier molecular flexibility index (Phi) is 5.47. The molecule has 1 aliphatic rings. The lowest BCUT2D eigenvalue weighted by molar-refractivity contribution is -0.122. The van der Waals surface area contributed by atoms with Gasteiger partial charge >= 0.3 is 0 Å². The molecule has 1 unspecified atom stereocenters. The van der Waals surface area contributed by atoms with E-state index in [2.05, 4.69) is 5.32 Å². The quantitative estimate of drug-likeness (QED) is 0.647. The number of hydrogen-bond acceptors (Lipinski definition) is 2. The molecule has 0 aliphatic carbocycles. The van der Waals surface area contributed by atoms with Crippen LogP contribution in [0.15, 0.2) is 84.9 Å². The van der Waals surface area contributed by atoms with Gasteiger partial charge in [-0.05, 0) is 56.2 Å². The molecule has 1 aliphatic heterocycles. The summed E-state index contributed by atoms with van der Waals surface area (Å²) in [4.78, 5) is 28.8. The van der Waals surface area contributed by atoms with Crippen LogP contribution in [0, 0.1) is 0 Å². The zero-order valence-electron chi connectivity index (χ0n) is 18.0. The van der Waals surface area contributed by atoms with Crippen molar-refractivity contribution in [3.8, 4) is 0 Å². The number of carbonyl (C=O) groups excluding carboxylic acids is 2. The van der Waals surface area contributed by atoms with Crippen molar-refractivity contribution in [2.45, 2.75) is 32.4 Å². The van der Waals surface area contributed by atoms with Crippen LogP contribution in [0.4, 0.5) is 5.69 Å². The molecule has 0 radical (unpaired) electrons. The summed E-state index contributed by atoms with van der Waals surface area (Å²) in [6, 6.07) is 25.9. The third kappa shape index (κ3) is 4.29. The highest BCUT2D eigenvalue weighted by Gasteiger charge is 2.43. The van der Waals surface area contributed by atoms with E-state index in [1.165, 1.54) is 0 Å². The van der Waals surface area contributed by atoms with Crippen LogP contribution < -0.4 is 10.2 Å². The molecule has 0 saturated heterocycles. The van der Waals surface area contributed by atoms with Crippen LogP contribution in [0.1, 0.15) is 42.3 Å². The minimum Gasteiger partial charge on any atom is -0.349 e. The Morgan fingerprint density at radius 3 is 2.06 bits per heavy atom. The maximum absolute atomic E-state index is 13.6. The number of anilines is 1. The Morgan fingerprint density at radius 2 is 1.42 bits per heavy atom. The highest BCUT2D eigenvalue weighted by atomic mass is 16.2. The van der Waals surface area contributed by atoms with E-state index in [9.17, 15) is 9.59 Å². The second-order valence-corrected chi connectivity index (χ2v) is 8.71. The first-order valence-electron chi connectivity index (χ1n) is 10.4.